The number of fused-ring (bicyclic) bond motifs is 2. The summed E-state index contributed by atoms with van der Waals surface area (Å²) in [6, 6.07) is 13.1. The summed E-state index contributed by atoms with van der Waals surface area (Å²) in [5.41, 5.74) is 5.28. The Hall–Kier alpha value is -2.20. The summed E-state index contributed by atoms with van der Waals surface area (Å²) < 4.78 is 0. The molecular weight excluding hydrogens is 322 g/mol. The third-order valence-corrected chi connectivity index (χ3v) is 5.53. The van der Waals surface area contributed by atoms with E-state index in [0.717, 1.165) is 37.3 Å². The molecule has 0 radical (unpaired) electrons. The van der Waals surface area contributed by atoms with Crippen LogP contribution in [0.1, 0.15) is 48.1 Å². The molecule has 0 fully saturated rings. The average molecular weight is 349 g/mol. The van der Waals surface area contributed by atoms with Crippen LogP contribution in [0.4, 0.5) is 5.82 Å². The first-order valence-electron chi connectivity index (χ1n) is 9.86. The molecule has 2 aliphatic heterocycles. The molecule has 0 spiro atoms. The van der Waals surface area contributed by atoms with Crippen LogP contribution in [-0.2, 0) is 30.6 Å². The van der Waals surface area contributed by atoms with Crippen LogP contribution in [0.15, 0.2) is 36.4 Å². The van der Waals surface area contributed by atoms with E-state index in [1.165, 1.54) is 49.0 Å². The highest BCUT2D eigenvalue weighted by atomic mass is 16.1. The first kappa shape index (κ1) is 17.2. The zero-order chi connectivity index (χ0) is 17.8. The van der Waals surface area contributed by atoms with Gasteiger partial charge in [-0.2, -0.15) is 0 Å². The van der Waals surface area contributed by atoms with Crippen LogP contribution in [0.3, 0.4) is 0 Å². The lowest BCUT2D eigenvalue weighted by Gasteiger charge is -2.28. The van der Waals surface area contributed by atoms with Gasteiger partial charge in [0.2, 0.25) is 5.91 Å². The van der Waals surface area contributed by atoms with E-state index in [9.17, 15) is 4.79 Å². The number of anilines is 1. The van der Waals surface area contributed by atoms with E-state index >= 15 is 0 Å². The van der Waals surface area contributed by atoms with Gasteiger partial charge in [0.1, 0.15) is 5.82 Å². The Morgan fingerprint density at radius 2 is 1.81 bits per heavy atom. The van der Waals surface area contributed by atoms with Crippen LogP contribution in [0.25, 0.3) is 0 Å². The van der Waals surface area contributed by atoms with Crippen molar-refractivity contribution in [2.24, 2.45) is 0 Å². The highest BCUT2D eigenvalue weighted by Gasteiger charge is 2.16. The van der Waals surface area contributed by atoms with Crippen molar-refractivity contribution in [3.05, 3.63) is 58.8 Å². The summed E-state index contributed by atoms with van der Waals surface area (Å²) in [4.78, 5) is 18.7. The van der Waals surface area contributed by atoms with Crippen LogP contribution in [-0.4, -0.2) is 28.9 Å². The summed E-state index contributed by atoms with van der Waals surface area (Å²) in [5, 5.41) is 2.90. The summed E-state index contributed by atoms with van der Waals surface area (Å²) >= 11 is 0. The number of aryl methyl sites for hydroxylation is 2. The fourth-order valence-corrected chi connectivity index (χ4v) is 3.98. The fourth-order valence-electron chi connectivity index (χ4n) is 3.98. The van der Waals surface area contributed by atoms with Gasteiger partial charge in [-0.1, -0.05) is 36.8 Å². The van der Waals surface area contributed by atoms with Gasteiger partial charge < -0.3 is 5.32 Å². The highest BCUT2D eigenvalue weighted by Crippen LogP contribution is 2.22. The van der Waals surface area contributed by atoms with E-state index < -0.39 is 0 Å². The second-order valence-electron chi connectivity index (χ2n) is 7.46. The molecule has 2 aliphatic rings. The minimum atomic E-state index is 0.0882. The molecule has 136 valence electrons. The number of carbonyl (C=O) groups excluding carboxylic acids is 1. The minimum absolute atomic E-state index is 0.0882. The molecule has 1 aromatic heterocycles. The van der Waals surface area contributed by atoms with Crippen LogP contribution < -0.4 is 5.32 Å². The fraction of sp³-hybridized carbons (Fsp3) is 0.455. The quantitative estimate of drug-likeness (QED) is 0.808. The Morgan fingerprint density at radius 3 is 2.73 bits per heavy atom. The Balaban J connectivity index is 1.19. The molecule has 0 saturated heterocycles. The van der Waals surface area contributed by atoms with Crippen molar-refractivity contribution < 1.29 is 4.79 Å². The number of hydrogen-bond donors (Lipinski definition) is 1. The molecule has 26 heavy (non-hydrogen) atoms. The lowest BCUT2D eigenvalue weighted by atomic mass is 9.99. The molecule has 0 atom stereocenters. The van der Waals surface area contributed by atoms with Crippen LogP contribution in [0.5, 0.6) is 0 Å². The zero-order valence-electron chi connectivity index (χ0n) is 15.3. The number of carbonyl (C=O) groups is 1. The minimum Gasteiger partial charge on any atom is -0.310 e. The van der Waals surface area contributed by atoms with Crippen LogP contribution in [0, 0.1) is 0 Å². The van der Waals surface area contributed by atoms with Crippen molar-refractivity contribution in [2.75, 3.05) is 18.4 Å². The Labute approximate surface area is 155 Å². The van der Waals surface area contributed by atoms with Crippen molar-refractivity contribution in [1.82, 2.24) is 9.88 Å². The van der Waals surface area contributed by atoms with Crippen molar-refractivity contribution in [3.63, 3.8) is 0 Å². The van der Waals surface area contributed by atoms with Gasteiger partial charge in [-0.25, -0.2) is 4.98 Å². The maximum Gasteiger partial charge on any atom is 0.225 e. The number of hydrogen-bond acceptors (Lipinski definition) is 3. The summed E-state index contributed by atoms with van der Waals surface area (Å²) in [6.07, 6.45) is 7.19. The maximum absolute atomic E-state index is 11.5. The first-order chi connectivity index (χ1) is 12.8. The molecule has 1 amide bonds. The number of aromatic nitrogens is 1. The number of nitrogens with zero attached hydrogens (tertiary/aromatic N) is 2. The molecule has 1 N–H and O–H groups in total. The van der Waals surface area contributed by atoms with Crippen molar-refractivity contribution in [1.29, 1.82) is 0 Å². The third kappa shape index (κ3) is 4.13. The van der Waals surface area contributed by atoms with Crippen molar-refractivity contribution in [2.45, 2.75) is 51.5 Å². The van der Waals surface area contributed by atoms with Gasteiger partial charge in [-0.05, 0) is 61.4 Å². The standard InChI is InChI=1S/C22H27N3O/c26-21-12-10-18-9-11-20(23-22(18)24-21)8-2-1-5-14-25-15-13-17-6-3-4-7-19(17)16-25/h3-4,6-7,9,11H,1-2,5,8,10,12-16H2,(H,23,24,26). The Bertz CT molecular complexity index is 787. The predicted molar refractivity (Wildman–Crippen MR) is 104 cm³/mol. The SMILES string of the molecule is O=C1CCc2ccc(CCCCCN3CCc4ccccc4C3)nc2N1. The van der Waals surface area contributed by atoms with E-state index in [2.05, 4.69) is 51.6 Å². The van der Waals surface area contributed by atoms with E-state index in [4.69, 9.17) is 0 Å². The lowest BCUT2D eigenvalue weighted by molar-refractivity contribution is -0.116. The predicted octanol–water partition coefficient (Wildman–Crippen LogP) is 3.74. The Kier molecular flexibility index (Phi) is 5.30. The molecule has 1 aromatic carbocycles. The zero-order valence-corrected chi connectivity index (χ0v) is 15.3. The molecule has 0 bridgehead atoms. The molecule has 0 aliphatic carbocycles. The van der Waals surface area contributed by atoms with Crippen molar-refractivity contribution in [3.8, 4) is 0 Å². The van der Waals surface area contributed by atoms with Gasteiger partial charge in [0.25, 0.3) is 0 Å². The average Bonchev–Trinajstić information content (AvgIpc) is 2.67. The smallest absolute Gasteiger partial charge is 0.225 e. The van der Waals surface area contributed by atoms with E-state index in [1.807, 2.05) is 0 Å². The van der Waals surface area contributed by atoms with Gasteiger partial charge in [-0.15, -0.1) is 0 Å². The first-order valence-corrected chi connectivity index (χ1v) is 9.86. The molecule has 0 unspecified atom stereocenters. The largest absolute Gasteiger partial charge is 0.310 e. The van der Waals surface area contributed by atoms with Gasteiger partial charge in [0.05, 0.1) is 0 Å². The number of unbranched alkanes of at least 4 members (excludes halogenated alkanes) is 2. The van der Waals surface area contributed by atoms with Gasteiger partial charge in [0.15, 0.2) is 0 Å². The maximum atomic E-state index is 11.5. The van der Waals surface area contributed by atoms with Gasteiger partial charge in [0, 0.05) is 25.2 Å². The van der Waals surface area contributed by atoms with Crippen molar-refractivity contribution >= 4 is 11.7 Å². The lowest BCUT2D eigenvalue weighted by Crippen LogP contribution is -2.31. The summed E-state index contributed by atoms with van der Waals surface area (Å²) in [5.74, 6) is 0.871. The van der Waals surface area contributed by atoms with Gasteiger partial charge in [-0.3, -0.25) is 9.69 Å². The highest BCUT2D eigenvalue weighted by molar-refractivity contribution is 5.92. The van der Waals surface area contributed by atoms with E-state index in [-0.39, 0.29) is 5.91 Å². The molecule has 0 saturated carbocycles. The number of benzene rings is 1. The molecule has 4 rings (SSSR count). The second kappa shape index (κ2) is 8.00. The van der Waals surface area contributed by atoms with Gasteiger partial charge >= 0.3 is 0 Å². The third-order valence-electron chi connectivity index (χ3n) is 5.53. The molecule has 3 heterocycles. The summed E-state index contributed by atoms with van der Waals surface area (Å²) in [6.45, 7) is 3.47. The number of amides is 1. The second-order valence-corrected chi connectivity index (χ2v) is 7.46. The monoisotopic (exact) mass is 349 g/mol. The van der Waals surface area contributed by atoms with E-state index in [0.29, 0.717) is 6.42 Å². The normalized spacial score (nSPS) is 16.7. The molecule has 4 heteroatoms. The molecular formula is C22H27N3O. The molecule has 2 aromatic rings. The number of nitrogens with one attached hydrogen (secondary N) is 1. The number of pyridine rings is 1. The van der Waals surface area contributed by atoms with E-state index in [1.54, 1.807) is 0 Å². The van der Waals surface area contributed by atoms with Crippen LogP contribution >= 0.6 is 0 Å². The number of rotatable bonds is 6. The molecule has 4 nitrogen and oxygen atoms in total. The van der Waals surface area contributed by atoms with Crippen LogP contribution in [0.2, 0.25) is 0 Å². The topological polar surface area (TPSA) is 45.2 Å². The summed E-state index contributed by atoms with van der Waals surface area (Å²) in [7, 11) is 0. The Morgan fingerprint density at radius 1 is 0.923 bits per heavy atom.